The minimum atomic E-state index is 0.781. The highest BCUT2D eigenvalue weighted by Crippen LogP contribution is 1.95. The lowest BCUT2D eigenvalue weighted by atomic mass is 9.94. The van der Waals surface area contributed by atoms with Gasteiger partial charge in [-0.3, -0.25) is 0 Å². The average Bonchev–Trinajstić information content (AvgIpc) is 2.67. The Hall–Kier alpha value is -1.96. The zero-order valence-electron chi connectivity index (χ0n) is 10.2. The van der Waals surface area contributed by atoms with Gasteiger partial charge < -0.3 is 4.98 Å². The van der Waals surface area contributed by atoms with Crippen LogP contribution < -0.4 is 26.6 Å². The van der Waals surface area contributed by atoms with Crippen molar-refractivity contribution in [2.45, 2.75) is 12.8 Å². The fraction of sp³-hybridized carbons (Fsp3) is 0.125. The molecule has 1 heterocycles. The molecule has 0 atom stereocenters. The van der Waals surface area contributed by atoms with Gasteiger partial charge in [-0.15, -0.1) is 0 Å². The van der Waals surface area contributed by atoms with Crippen molar-refractivity contribution in [1.29, 1.82) is 0 Å². The van der Waals surface area contributed by atoms with E-state index >= 15 is 0 Å². The standard InChI is InChI=1S/C16H14BN/c1-11-14-7-2-3-8-15(14)18-16(11)10-12-5-4-6-13(17)9-12/h4-10,18H,1-3H2/b16-10-. The lowest BCUT2D eigenvalue weighted by Gasteiger charge is -1.94. The van der Waals surface area contributed by atoms with Crippen LogP contribution in [-0.2, 0) is 0 Å². The van der Waals surface area contributed by atoms with Gasteiger partial charge in [-0.2, -0.15) is 0 Å². The van der Waals surface area contributed by atoms with Crippen LogP contribution in [0.15, 0.2) is 24.3 Å². The van der Waals surface area contributed by atoms with Crippen LogP contribution in [0.2, 0.25) is 0 Å². The van der Waals surface area contributed by atoms with Crippen LogP contribution in [-0.4, -0.2) is 12.8 Å². The molecule has 3 rings (SSSR count). The van der Waals surface area contributed by atoms with E-state index in [1.807, 2.05) is 24.3 Å². The summed E-state index contributed by atoms with van der Waals surface area (Å²) in [7, 11) is 5.79. The first-order valence-electron chi connectivity index (χ1n) is 6.18. The number of fused-ring (bicyclic) bond motifs is 1. The molecule has 1 aromatic heterocycles. The molecule has 1 aliphatic rings. The summed E-state index contributed by atoms with van der Waals surface area (Å²) in [6.45, 7) is 4.17. The summed E-state index contributed by atoms with van der Waals surface area (Å²) in [6.07, 6.45) is 8.79. The monoisotopic (exact) mass is 231 g/mol. The number of aromatic amines is 1. The average molecular weight is 231 g/mol. The Kier molecular flexibility index (Phi) is 2.71. The SMILES string of the molecule is [B]c1cccc(/C=c2\[nH]c3c(c2=C)=CCCC=3)c1. The quantitative estimate of drug-likeness (QED) is 0.631. The highest BCUT2D eigenvalue weighted by molar-refractivity contribution is 6.32. The van der Waals surface area contributed by atoms with E-state index in [1.54, 1.807) is 0 Å². The summed E-state index contributed by atoms with van der Waals surface area (Å²) in [5.74, 6) is 0. The highest BCUT2D eigenvalue weighted by atomic mass is 14.7. The molecule has 2 aromatic rings. The van der Waals surface area contributed by atoms with Gasteiger partial charge in [-0.25, -0.2) is 0 Å². The fourth-order valence-electron chi connectivity index (χ4n) is 2.38. The van der Waals surface area contributed by atoms with Crippen molar-refractivity contribution in [3.8, 4) is 0 Å². The Morgan fingerprint density at radius 2 is 2.06 bits per heavy atom. The molecule has 2 heteroatoms. The smallest absolute Gasteiger partial charge is 0.113 e. The third-order valence-electron chi connectivity index (χ3n) is 3.30. The maximum atomic E-state index is 5.79. The number of hydrogen-bond donors (Lipinski definition) is 1. The molecule has 0 fully saturated rings. The van der Waals surface area contributed by atoms with Crippen molar-refractivity contribution in [3.05, 3.63) is 51.0 Å². The highest BCUT2D eigenvalue weighted by Gasteiger charge is 1.98. The van der Waals surface area contributed by atoms with Crippen LogP contribution in [0.25, 0.3) is 24.8 Å². The summed E-state index contributed by atoms with van der Waals surface area (Å²) in [6, 6.07) is 7.87. The molecule has 2 radical (unpaired) electrons. The molecule has 0 unspecified atom stereocenters. The Balaban J connectivity index is 2.26. The van der Waals surface area contributed by atoms with Crippen molar-refractivity contribution in [2.24, 2.45) is 0 Å². The molecule has 0 spiro atoms. The lowest BCUT2D eigenvalue weighted by Crippen LogP contribution is -2.37. The number of aromatic nitrogens is 1. The van der Waals surface area contributed by atoms with E-state index in [9.17, 15) is 0 Å². The van der Waals surface area contributed by atoms with Gasteiger partial charge in [0.1, 0.15) is 7.85 Å². The Bertz CT molecular complexity index is 812. The maximum absolute atomic E-state index is 5.79. The number of H-pyrrole nitrogens is 1. The summed E-state index contributed by atoms with van der Waals surface area (Å²) in [5, 5.41) is 4.58. The number of rotatable bonds is 1. The van der Waals surface area contributed by atoms with E-state index in [1.165, 1.54) is 10.6 Å². The van der Waals surface area contributed by atoms with Crippen LogP contribution in [0.5, 0.6) is 0 Å². The third-order valence-corrected chi connectivity index (χ3v) is 3.30. The summed E-state index contributed by atoms with van der Waals surface area (Å²) in [5.41, 5.74) is 1.88. The van der Waals surface area contributed by atoms with Crippen LogP contribution in [0.1, 0.15) is 18.4 Å². The second kappa shape index (κ2) is 4.38. The van der Waals surface area contributed by atoms with Gasteiger partial charge in [-0.05, 0) is 29.7 Å². The van der Waals surface area contributed by atoms with Gasteiger partial charge in [0.15, 0.2) is 0 Å². The van der Waals surface area contributed by atoms with Gasteiger partial charge in [0.05, 0.1) is 0 Å². The van der Waals surface area contributed by atoms with Crippen molar-refractivity contribution in [3.63, 3.8) is 0 Å². The van der Waals surface area contributed by atoms with E-state index in [-0.39, 0.29) is 0 Å². The molecule has 0 saturated carbocycles. The molecule has 1 nitrogen and oxygen atoms in total. The predicted octanol–water partition coefficient (Wildman–Crippen LogP) is -0.598. The Morgan fingerprint density at radius 3 is 2.83 bits per heavy atom. The van der Waals surface area contributed by atoms with Crippen LogP contribution >= 0.6 is 0 Å². The van der Waals surface area contributed by atoms with Crippen molar-refractivity contribution in [1.82, 2.24) is 4.98 Å². The molecule has 0 aliphatic heterocycles. The zero-order valence-corrected chi connectivity index (χ0v) is 10.2. The molecule has 0 saturated heterocycles. The van der Waals surface area contributed by atoms with E-state index in [0.29, 0.717) is 0 Å². The maximum Gasteiger partial charge on any atom is 0.113 e. The third kappa shape index (κ3) is 1.95. The summed E-state index contributed by atoms with van der Waals surface area (Å²) >= 11 is 0. The van der Waals surface area contributed by atoms with E-state index in [0.717, 1.165) is 34.4 Å². The van der Waals surface area contributed by atoms with Crippen molar-refractivity contribution in [2.75, 3.05) is 0 Å². The molecule has 1 aliphatic carbocycles. The molecule has 0 amide bonds. The molecule has 18 heavy (non-hydrogen) atoms. The van der Waals surface area contributed by atoms with Gasteiger partial charge in [0.25, 0.3) is 0 Å². The predicted molar refractivity (Wildman–Crippen MR) is 78.4 cm³/mol. The molecule has 0 bridgehead atoms. The normalized spacial score (nSPS) is 14.8. The second-order valence-corrected chi connectivity index (χ2v) is 4.64. The molecule has 1 aromatic carbocycles. The number of nitrogens with one attached hydrogen (secondary N) is 1. The Morgan fingerprint density at radius 1 is 1.22 bits per heavy atom. The van der Waals surface area contributed by atoms with Crippen molar-refractivity contribution < 1.29 is 0 Å². The largest absolute Gasteiger partial charge is 0.355 e. The van der Waals surface area contributed by atoms with Crippen molar-refractivity contribution >= 4 is 38.1 Å². The molecule has 1 N–H and O–H groups in total. The van der Waals surface area contributed by atoms with Gasteiger partial charge in [0, 0.05) is 15.9 Å². The van der Waals surface area contributed by atoms with Crippen LogP contribution in [0.4, 0.5) is 0 Å². The van der Waals surface area contributed by atoms with E-state index in [2.05, 4.69) is 29.8 Å². The summed E-state index contributed by atoms with van der Waals surface area (Å²) in [4.78, 5) is 3.42. The zero-order chi connectivity index (χ0) is 12.5. The second-order valence-electron chi connectivity index (χ2n) is 4.64. The van der Waals surface area contributed by atoms with E-state index < -0.39 is 0 Å². The molecule has 86 valence electrons. The molecular formula is C16H14BN. The van der Waals surface area contributed by atoms with E-state index in [4.69, 9.17) is 7.85 Å². The van der Waals surface area contributed by atoms with Crippen LogP contribution in [0, 0.1) is 0 Å². The minimum absolute atomic E-state index is 0.781. The number of hydrogen-bond acceptors (Lipinski definition) is 0. The first-order valence-corrected chi connectivity index (χ1v) is 6.18. The van der Waals surface area contributed by atoms with Gasteiger partial charge in [-0.1, -0.05) is 48.5 Å². The minimum Gasteiger partial charge on any atom is -0.355 e. The molecular weight excluding hydrogens is 217 g/mol. The van der Waals surface area contributed by atoms with Crippen LogP contribution in [0.3, 0.4) is 0 Å². The number of benzene rings is 1. The fourth-order valence-corrected chi connectivity index (χ4v) is 2.38. The lowest BCUT2D eigenvalue weighted by molar-refractivity contribution is 1.10. The van der Waals surface area contributed by atoms with Gasteiger partial charge in [0.2, 0.25) is 0 Å². The van der Waals surface area contributed by atoms with Gasteiger partial charge >= 0.3 is 0 Å². The first kappa shape index (κ1) is 11.2. The topological polar surface area (TPSA) is 15.8 Å². The summed E-state index contributed by atoms with van der Waals surface area (Å²) < 4.78 is 0. The first-order chi connectivity index (χ1) is 8.74. The Labute approximate surface area is 107 Å².